The number of carboxylic acid groups (broad SMARTS) is 1. The molecular formula is C29H33N3O8S2. The first-order chi connectivity index (χ1) is 19.5. The minimum absolute atomic E-state index is 0.0808. The first kappa shape index (κ1) is 29.9. The Kier molecular flexibility index (Phi) is 7.14. The van der Waals surface area contributed by atoms with Crippen LogP contribution in [0.25, 0.3) is 10.4 Å². The van der Waals surface area contributed by atoms with E-state index in [1.165, 1.54) is 22.6 Å². The first-order valence-electron chi connectivity index (χ1n) is 13.4. The molecule has 2 aliphatic rings. The normalized spacial score (nSPS) is 23.2. The van der Waals surface area contributed by atoms with E-state index in [1.54, 1.807) is 25.3 Å². The van der Waals surface area contributed by atoms with Crippen molar-refractivity contribution in [1.82, 2.24) is 14.3 Å². The lowest BCUT2D eigenvalue weighted by atomic mass is 9.65. The molecule has 0 bridgehead atoms. The van der Waals surface area contributed by atoms with E-state index < -0.39 is 51.2 Å². The predicted molar refractivity (Wildman–Crippen MR) is 155 cm³/mol. The molecule has 42 heavy (non-hydrogen) atoms. The Labute approximate surface area is 247 Å². The second kappa shape index (κ2) is 10.0. The summed E-state index contributed by atoms with van der Waals surface area (Å²) < 4.78 is 31.7. The second-order valence-electron chi connectivity index (χ2n) is 12.2. The fourth-order valence-corrected chi connectivity index (χ4v) is 8.42. The first-order valence-corrected chi connectivity index (χ1v) is 16.1. The average Bonchev–Trinajstić information content (AvgIpc) is 3.51. The van der Waals surface area contributed by atoms with Crippen LogP contribution in [0, 0.1) is 11.3 Å². The molecule has 0 aliphatic carbocycles. The van der Waals surface area contributed by atoms with Gasteiger partial charge >= 0.3 is 11.9 Å². The lowest BCUT2D eigenvalue weighted by molar-refractivity contribution is -0.167. The van der Waals surface area contributed by atoms with Gasteiger partial charge in [0.1, 0.15) is 16.9 Å². The van der Waals surface area contributed by atoms with Crippen molar-refractivity contribution < 1.29 is 37.8 Å². The molecule has 1 unspecified atom stereocenters. The molecule has 0 saturated carbocycles. The van der Waals surface area contributed by atoms with E-state index >= 15 is 0 Å². The van der Waals surface area contributed by atoms with Crippen LogP contribution in [0.15, 0.2) is 47.5 Å². The standard InChI is InChI=1S/C29H33N3O8S2/c1-15(33)19-22-29(5,11-12-40-27(37)16-7-9-17(10-8-16)28(2,3)4)20(21(26(35)36)32(22)24(19)34)18-13-31-14-30-23(25(31)41-18)42(6,38)39/h7-10,13-15,19,22,33H,11-12H2,1-6H3,(H,35,36)/t15-,19-,22-,29?/m1/s1. The number of β-lactam (4-membered cyclic amide) rings is 1. The summed E-state index contributed by atoms with van der Waals surface area (Å²) in [4.78, 5) is 44.6. The maximum Gasteiger partial charge on any atom is 0.352 e. The minimum atomic E-state index is -3.66. The van der Waals surface area contributed by atoms with Crippen molar-refractivity contribution in [3.05, 3.63) is 58.5 Å². The Bertz CT molecular complexity index is 1740. The van der Waals surface area contributed by atoms with Gasteiger partial charge in [0, 0.05) is 23.4 Å². The molecule has 4 atom stereocenters. The highest BCUT2D eigenvalue weighted by Gasteiger charge is 2.66. The Morgan fingerprint density at radius 2 is 1.86 bits per heavy atom. The topological polar surface area (TPSA) is 156 Å². The number of aliphatic carboxylic acids is 1. The third-order valence-electron chi connectivity index (χ3n) is 8.18. The van der Waals surface area contributed by atoms with Gasteiger partial charge in [0.15, 0.2) is 14.9 Å². The molecule has 1 fully saturated rings. The molecule has 224 valence electrons. The van der Waals surface area contributed by atoms with Crippen LogP contribution in [-0.2, 0) is 29.6 Å². The van der Waals surface area contributed by atoms with Crippen LogP contribution in [0.2, 0.25) is 0 Å². The summed E-state index contributed by atoms with van der Waals surface area (Å²) >= 11 is 1.05. The molecule has 2 aliphatic heterocycles. The lowest BCUT2D eigenvalue weighted by Gasteiger charge is -2.50. The van der Waals surface area contributed by atoms with Crippen molar-refractivity contribution in [2.24, 2.45) is 11.3 Å². The number of sulfone groups is 1. The van der Waals surface area contributed by atoms with Gasteiger partial charge in [0.2, 0.25) is 5.91 Å². The number of hydrogen-bond donors (Lipinski definition) is 2. The number of amides is 1. The van der Waals surface area contributed by atoms with Gasteiger partial charge in [-0.25, -0.2) is 23.0 Å². The summed E-state index contributed by atoms with van der Waals surface area (Å²) in [5, 5.41) is 20.6. The van der Waals surface area contributed by atoms with Gasteiger partial charge in [-0.05, 0) is 36.5 Å². The van der Waals surface area contributed by atoms with Crippen molar-refractivity contribution in [2.75, 3.05) is 12.9 Å². The van der Waals surface area contributed by atoms with Gasteiger partial charge < -0.3 is 19.8 Å². The van der Waals surface area contributed by atoms with E-state index in [9.17, 15) is 33.0 Å². The van der Waals surface area contributed by atoms with E-state index in [2.05, 4.69) is 25.8 Å². The van der Waals surface area contributed by atoms with Crippen LogP contribution in [0.4, 0.5) is 0 Å². The summed E-state index contributed by atoms with van der Waals surface area (Å²) in [7, 11) is -3.66. The van der Waals surface area contributed by atoms with E-state index in [-0.39, 0.29) is 29.2 Å². The number of thiazole rings is 1. The van der Waals surface area contributed by atoms with Crippen LogP contribution in [0.5, 0.6) is 0 Å². The molecular weight excluding hydrogens is 582 g/mol. The minimum Gasteiger partial charge on any atom is -0.477 e. The van der Waals surface area contributed by atoms with Crippen LogP contribution < -0.4 is 0 Å². The van der Waals surface area contributed by atoms with E-state index in [1.807, 2.05) is 12.1 Å². The number of nitrogens with zero attached hydrogens (tertiary/aromatic N) is 3. The maximum absolute atomic E-state index is 13.1. The van der Waals surface area contributed by atoms with Gasteiger partial charge in [-0.2, -0.15) is 0 Å². The third-order valence-corrected chi connectivity index (χ3v) is 10.4. The molecule has 2 aromatic heterocycles. The number of carbonyl (C=O) groups is 3. The zero-order valence-electron chi connectivity index (χ0n) is 24.1. The number of ether oxygens (including phenoxy) is 1. The summed E-state index contributed by atoms with van der Waals surface area (Å²) in [5.41, 5.74) is 0.388. The fraction of sp³-hybridized carbons (Fsp3) is 0.448. The van der Waals surface area contributed by atoms with Crippen LogP contribution in [0.3, 0.4) is 0 Å². The number of carbonyl (C=O) groups excluding carboxylic acids is 2. The molecule has 1 aromatic carbocycles. The van der Waals surface area contributed by atoms with Gasteiger partial charge in [0.05, 0.1) is 35.1 Å². The molecule has 1 amide bonds. The molecule has 3 aromatic rings. The lowest BCUT2D eigenvalue weighted by Crippen LogP contribution is -2.66. The Morgan fingerprint density at radius 3 is 2.40 bits per heavy atom. The SMILES string of the molecule is C[C@@H](O)[C@H]1C(=O)N2C(C(=O)O)=C(c3cn4cnc(S(C)(=O)=O)c4s3)C(C)(CCOC(=O)c3ccc(C(C)(C)C)cc3)[C@@H]12. The smallest absolute Gasteiger partial charge is 0.352 e. The molecule has 11 nitrogen and oxygen atoms in total. The number of fused-ring (bicyclic) bond motifs is 2. The number of imidazole rings is 1. The average molecular weight is 616 g/mol. The van der Waals surface area contributed by atoms with Gasteiger partial charge in [-0.1, -0.05) is 39.8 Å². The van der Waals surface area contributed by atoms with E-state index in [0.29, 0.717) is 20.8 Å². The molecule has 4 heterocycles. The van der Waals surface area contributed by atoms with Crippen molar-refractivity contribution in [3.63, 3.8) is 0 Å². The Hall–Kier alpha value is -3.55. The summed E-state index contributed by atoms with van der Waals surface area (Å²) in [6.07, 6.45) is 3.07. The number of carboxylic acids is 1. The third kappa shape index (κ3) is 4.73. The van der Waals surface area contributed by atoms with Crippen molar-refractivity contribution in [2.45, 2.75) is 63.6 Å². The van der Waals surface area contributed by atoms with Gasteiger partial charge in [0.25, 0.3) is 0 Å². The van der Waals surface area contributed by atoms with E-state index in [4.69, 9.17) is 4.74 Å². The van der Waals surface area contributed by atoms with E-state index in [0.717, 1.165) is 23.2 Å². The molecule has 13 heteroatoms. The predicted octanol–water partition coefficient (Wildman–Crippen LogP) is 3.37. The fourth-order valence-electron chi connectivity index (χ4n) is 6.02. The zero-order chi connectivity index (χ0) is 30.9. The number of aliphatic hydroxyl groups excluding tert-OH is 1. The van der Waals surface area contributed by atoms with Crippen LogP contribution in [-0.4, -0.2) is 75.8 Å². The number of esters is 1. The van der Waals surface area contributed by atoms with Gasteiger partial charge in [-0.15, -0.1) is 11.3 Å². The Morgan fingerprint density at radius 1 is 1.21 bits per heavy atom. The summed E-state index contributed by atoms with van der Waals surface area (Å²) in [5.74, 6) is -3.23. The number of benzene rings is 1. The highest BCUT2D eigenvalue weighted by molar-refractivity contribution is 7.91. The quantitative estimate of drug-likeness (QED) is 0.287. The second-order valence-corrected chi connectivity index (χ2v) is 15.2. The van der Waals surface area contributed by atoms with Crippen molar-refractivity contribution >= 4 is 49.4 Å². The number of aromatic nitrogens is 2. The van der Waals surface area contributed by atoms with Crippen LogP contribution >= 0.6 is 11.3 Å². The van der Waals surface area contributed by atoms with Crippen molar-refractivity contribution in [1.29, 1.82) is 0 Å². The highest BCUT2D eigenvalue weighted by atomic mass is 32.2. The summed E-state index contributed by atoms with van der Waals surface area (Å²) in [6.45, 7) is 9.40. The molecule has 0 spiro atoms. The molecule has 1 saturated heterocycles. The Balaban J connectivity index is 1.51. The summed E-state index contributed by atoms with van der Waals surface area (Å²) in [6, 6.07) is 6.44. The number of hydrogen-bond acceptors (Lipinski definition) is 9. The van der Waals surface area contributed by atoms with Crippen molar-refractivity contribution in [3.8, 4) is 0 Å². The molecule has 5 rings (SSSR count). The molecule has 2 N–H and O–H groups in total. The zero-order valence-corrected chi connectivity index (χ0v) is 25.7. The molecule has 0 radical (unpaired) electrons. The van der Waals surface area contributed by atoms with Gasteiger partial charge in [-0.3, -0.25) is 9.20 Å². The number of aliphatic hydroxyl groups is 1. The monoisotopic (exact) mass is 615 g/mol. The largest absolute Gasteiger partial charge is 0.477 e. The number of rotatable bonds is 8. The van der Waals surface area contributed by atoms with Crippen LogP contribution in [0.1, 0.15) is 61.8 Å². The maximum atomic E-state index is 13.1. The highest BCUT2D eigenvalue weighted by Crippen LogP contribution is 2.60.